The molecular weight excluding hydrogens is 337 g/mol. The zero-order chi connectivity index (χ0) is 14.0. The summed E-state index contributed by atoms with van der Waals surface area (Å²) in [6.07, 6.45) is 0. The van der Waals surface area contributed by atoms with Crippen LogP contribution in [0.15, 0.2) is 33.4 Å². The first-order valence-electron chi connectivity index (χ1n) is 5.06. The third kappa shape index (κ3) is 2.99. The first kappa shape index (κ1) is 13.7. The lowest BCUT2D eigenvalue weighted by Gasteiger charge is -2.08. The third-order valence-corrected chi connectivity index (χ3v) is 3.81. The second-order valence-corrected chi connectivity index (χ2v) is 5.85. The van der Waals surface area contributed by atoms with Crippen molar-refractivity contribution < 1.29 is 19.1 Å². The van der Waals surface area contributed by atoms with Crippen molar-refractivity contribution in [1.29, 1.82) is 0 Å². The summed E-state index contributed by atoms with van der Waals surface area (Å²) in [5, 5.41) is 12.9. The molecule has 1 aromatic carbocycles. The molecule has 0 radical (unpaired) electrons. The van der Waals surface area contributed by atoms with Gasteiger partial charge in [-0.1, -0.05) is 6.07 Å². The van der Waals surface area contributed by atoms with Gasteiger partial charge in [0, 0.05) is 5.38 Å². The molecule has 0 fully saturated rings. The van der Waals surface area contributed by atoms with E-state index < -0.39 is 23.3 Å². The summed E-state index contributed by atoms with van der Waals surface area (Å²) < 4.78 is 14.2. The van der Waals surface area contributed by atoms with Crippen LogP contribution in [0.2, 0.25) is 0 Å². The van der Waals surface area contributed by atoms with Gasteiger partial charge < -0.3 is 10.4 Å². The molecule has 7 heteroatoms. The minimum Gasteiger partial charge on any atom is -0.478 e. The maximum Gasteiger partial charge on any atom is 0.340 e. The standard InChI is InChI=1S/C12H7BrFNO3S/c13-9-4-6(5-19-9)11(16)15-8-3-1-2-7(14)10(8)12(17)18/h1-5H,(H,15,16)(H,17,18). The van der Waals surface area contributed by atoms with Crippen LogP contribution in [0, 0.1) is 5.82 Å². The number of hydrogen-bond acceptors (Lipinski definition) is 3. The van der Waals surface area contributed by atoms with Crippen molar-refractivity contribution in [3.8, 4) is 0 Å². The van der Waals surface area contributed by atoms with Gasteiger partial charge in [0.2, 0.25) is 0 Å². The average molecular weight is 344 g/mol. The number of carbonyl (C=O) groups excluding carboxylic acids is 1. The molecule has 0 atom stereocenters. The van der Waals surface area contributed by atoms with E-state index in [0.29, 0.717) is 5.56 Å². The normalized spacial score (nSPS) is 10.2. The monoisotopic (exact) mass is 343 g/mol. The van der Waals surface area contributed by atoms with Crippen LogP contribution in [0.1, 0.15) is 20.7 Å². The number of halogens is 2. The minimum absolute atomic E-state index is 0.0696. The van der Waals surface area contributed by atoms with Gasteiger partial charge in [0.15, 0.2) is 0 Å². The first-order valence-corrected chi connectivity index (χ1v) is 6.73. The van der Waals surface area contributed by atoms with Crippen molar-refractivity contribution >= 4 is 44.8 Å². The van der Waals surface area contributed by atoms with E-state index in [0.717, 1.165) is 9.85 Å². The quantitative estimate of drug-likeness (QED) is 0.894. The van der Waals surface area contributed by atoms with E-state index in [4.69, 9.17) is 5.11 Å². The number of carboxylic acid groups (broad SMARTS) is 1. The molecule has 0 aliphatic heterocycles. The molecule has 19 heavy (non-hydrogen) atoms. The molecule has 0 unspecified atom stereocenters. The van der Waals surface area contributed by atoms with Crippen molar-refractivity contribution in [1.82, 2.24) is 0 Å². The molecule has 0 aliphatic rings. The average Bonchev–Trinajstić information content (AvgIpc) is 2.75. The molecule has 2 N–H and O–H groups in total. The Morgan fingerprint density at radius 2 is 2.11 bits per heavy atom. The first-order chi connectivity index (χ1) is 8.99. The predicted molar refractivity (Wildman–Crippen MR) is 73.3 cm³/mol. The number of rotatable bonds is 3. The van der Waals surface area contributed by atoms with Gasteiger partial charge in [-0.25, -0.2) is 9.18 Å². The van der Waals surface area contributed by atoms with E-state index in [2.05, 4.69) is 21.2 Å². The van der Waals surface area contributed by atoms with Crippen molar-refractivity contribution in [3.63, 3.8) is 0 Å². The van der Waals surface area contributed by atoms with Crippen LogP contribution < -0.4 is 5.32 Å². The maximum atomic E-state index is 13.4. The lowest BCUT2D eigenvalue weighted by molar-refractivity contribution is 0.0693. The Bertz CT molecular complexity index is 656. The Balaban J connectivity index is 2.31. The van der Waals surface area contributed by atoms with Gasteiger partial charge >= 0.3 is 5.97 Å². The van der Waals surface area contributed by atoms with E-state index in [1.807, 2.05) is 0 Å². The second-order valence-electron chi connectivity index (χ2n) is 3.56. The summed E-state index contributed by atoms with van der Waals surface area (Å²) >= 11 is 4.54. The highest BCUT2D eigenvalue weighted by atomic mass is 79.9. The number of nitrogens with one attached hydrogen (secondary N) is 1. The lowest BCUT2D eigenvalue weighted by atomic mass is 10.1. The van der Waals surface area contributed by atoms with E-state index in [9.17, 15) is 14.0 Å². The summed E-state index contributed by atoms with van der Waals surface area (Å²) in [5.41, 5.74) is -0.248. The molecule has 0 saturated heterocycles. The largest absolute Gasteiger partial charge is 0.478 e. The highest BCUT2D eigenvalue weighted by Crippen LogP contribution is 2.23. The van der Waals surface area contributed by atoms with Crippen molar-refractivity contribution in [2.75, 3.05) is 5.32 Å². The zero-order valence-corrected chi connectivity index (χ0v) is 11.7. The van der Waals surface area contributed by atoms with Crippen LogP contribution in [-0.2, 0) is 0 Å². The van der Waals surface area contributed by atoms with E-state index >= 15 is 0 Å². The second kappa shape index (κ2) is 5.50. The fourth-order valence-corrected chi connectivity index (χ4v) is 2.61. The Morgan fingerprint density at radius 1 is 1.37 bits per heavy atom. The Kier molecular flexibility index (Phi) is 3.96. The number of benzene rings is 1. The van der Waals surface area contributed by atoms with Crippen LogP contribution in [-0.4, -0.2) is 17.0 Å². The highest BCUT2D eigenvalue weighted by Gasteiger charge is 2.18. The van der Waals surface area contributed by atoms with Gasteiger partial charge in [0.05, 0.1) is 15.0 Å². The molecule has 0 spiro atoms. The van der Waals surface area contributed by atoms with E-state index in [-0.39, 0.29) is 5.69 Å². The van der Waals surface area contributed by atoms with Crippen molar-refractivity contribution in [2.24, 2.45) is 0 Å². The molecular formula is C12H7BrFNO3S. The minimum atomic E-state index is -1.43. The van der Waals surface area contributed by atoms with Gasteiger partial charge in [-0.3, -0.25) is 4.79 Å². The summed E-state index contributed by atoms with van der Waals surface area (Å²) in [4.78, 5) is 22.8. The molecule has 98 valence electrons. The van der Waals surface area contributed by atoms with Crippen LogP contribution >= 0.6 is 27.3 Å². The van der Waals surface area contributed by atoms with Crippen LogP contribution in [0.25, 0.3) is 0 Å². The molecule has 4 nitrogen and oxygen atoms in total. The topological polar surface area (TPSA) is 66.4 Å². The van der Waals surface area contributed by atoms with Gasteiger partial charge in [-0.05, 0) is 34.1 Å². The molecule has 2 aromatic rings. The fourth-order valence-electron chi connectivity index (χ4n) is 1.47. The molecule has 0 bridgehead atoms. The molecule has 1 heterocycles. The lowest BCUT2D eigenvalue weighted by Crippen LogP contribution is -2.15. The number of aromatic carboxylic acids is 1. The van der Waals surface area contributed by atoms with Gasteiger partial charge in [-0.2, -0.15) is 0 Å². The molecule has 2 rings (SSSR count). The van der Waals surface area contributed by atoms with Crippen LogP contribution in [0.4, 0.5) is 10.1 Å². The third-order valence-electron chi connectivity index (χ3n) is 2.31. The highest BCUT2D eigenvalue weighted by molar-refractivity contribution is 9.11. The van der Waals surface area contributed by atoms with Gasteiger partial charge in [-0.15, -0.1) is 11.3 Å². The fraction of sp³-hybridized carbons (Fsp3) is 0. The predicted octanol–water partition coefficient (Wildman–Crippen LogP) is 3.60. The smallest absolute Gasteiger partial charge is 0.340 e. The van der Waals surface area contributed by atoms with Crippen LogP contribution in [0.3, 0.4) is 0 Å². The van der Waals surface area contributed by atoms with Crippen molar-refractivity contribution in [3.05, 3.63) is 50.4 Å². The zero-order valence-electron chi connectivity index (χ0n) is 9.31. The summed E-state index contributed by atoms with van der Waals surface area (Å²) in [6, 6.07) is 5.30. The molecule has 0 aliphatic carbocycles. The van der Waals surface area contributed by atoms with Gasteiger partial charge in [0.25, 0.3) is 5.91 Å². The summed E-state index contributed by atoms with van der Waals surface area (Å²) in [5.74, 6) is -2.81. The summed E-state index contributed by atoms with van der Waals surface area (Å²) in [7, 11) is 0. The Morgan fingerprint density at radius 3 is 2.68 bits per heavy atom. The SMILES string of the molecule is O=C(Nc1cccc(F)c1C(=O)O)c1csc(Br)c1. The van der Waals surface area contributed by atoms with Crippen molar-refractivity contribution in [2.45, 2.75) is 0 Å². The maximum absolute atomic E-state index is 13.4. The number of amides is 1. The van der Waals surface area contributed by atoms with Gasteiger partial charge in [0.1, 0.15) is 11.4 Å². The number of carbonyl (C=O) groups is 2. The Labute approximate surface area is 120 Å². The molecule has 0 saturated carbocycles. The van der Waals surface area contributed by atoms with Crippen LogP contribution in [0.5, 0.6) is 0 Å². The number of thiophene rings is 1. The Hall–Kier alpha value is -1.73. The van der Waals surface area contributed by atoms with E-state index in [1.165, 1.54) is 23.5 Å². The number of hydrogen-bond donors (Lipinski definition) is 2. The molecule has 1 aromatic heterocycles. The van der Waals surface area contributed by atoms with E-state index in [1.54, 1.807) is 11.4 Å². The summed E-state index contributed by atoms with van der Waals surface area (Å²) in [6.45, 7) is 0. The number of carboxylic acids is 1. The molecule has 1 amide bonds. The number of anilines is 1.